The zero-order chi connectivity index (χ0) is 13.9. The minimum atomic E-state index is -0.437. The molecule has 3 N–H and O–H groups in total. The number of aryl methyl sites for hydroxylation is 1. The van der Waals surface area contributed by atoms with Gasteiger partial charge in [0.2, 0.25) is 5.91 Å². The van der Waals surface area contributed by atoms with E-state index in [2.05, 4.69) is 11.2 Å². The van der Waals surface area contributed by atoms with Crippen LogP contribution in [0.3, 0.4) is 0 Å². The van der Waals surface area contributed by atoms with Gasteiger partial charge in [0.1, 0.15) is 0 Å². The van der Waals surface area contributed by atoms with Crippen LogP contribution in [-0.4, -0.2) is 18.5 Å². The van der Waals surface area contributed by atoms with Gasteiger partial charge in [0, 0.05) is 13.0 Å². The number of nitrogens with one attached hydrogen (secondary N) is 1. The lowest BCUT2D eigenvalue weighted by Gasteiger charge is -2.12. The lowest BCUT2D eigenvalue weighted by molar-refractivity contribution is -0.122. The van der Waals surface area contributed by atoms with Gasteiger partial charge in [0.05, 0.1) is 6.04 Å². The van der Waals surface area contributed by atoms with E-state index in [9.17, 15) is 4.79 Å². The highest BCUT2D eigenvalue weighted by Crippen LogP contribution is 2.04. The summed E-state index contributed by atoms with van der Waals surface area (Å²) in [6, 6.07) is 9.62. The molecule has 0 spiro atoms. The van der Waals surface area contributed by atoms with Crippen LogP contribution in [0.1, 0.15) is 31.2 Å². The van der Waals surface area contributed by atoms with Crippen LogP contribution in [0, 0.1) is 12.3 Å². The Bertz CT molecular complexity index is 409. The van der Waals surface area contributed by atoms with E-state index >= 15 is 0 Å². The zero-order valence-electron chi connectivity index (χ0n) is 11.3. The van der Waals surface area contributed by atoms with Gasteiger partial charge in [0.25, 0.3) is 0 Å². The zero-order valence-corrected chi connectivity index (χ0v) is 11.3. The molecule has 0 heterocycles. The molecule has 0 radical (unpaired) electrons. The first-order valence-corrected chi connectivity index (χ1v) is 6.74. The number of nitrogens with two attached hydrogens (primary N) is 1. The highest BCUT2D eigenvalue weighted by Gasteiger charge is 2.12. The SMILES string of the molecule is C#CCCCCNC(=O)C(N)CCc1ccccc1. The Balaban J connectivity index is 2.16. The van der Waals surface area contributed by atoms with Crippen molar-refractivity contribution in [1.29, 1.82) is 0 Å². The Labute approximate surface area is 115 Å². The average Bonchev–Trinajstić information content (AvgIpc) is 2.45. The number of carbonyl (C=O) groups is 1. The molecule has 1 atom stereocenters. The molecule has 0 saturated carbocycles. The fourth-order valence-corrected chi connectivity index (χ4v) is 1.79. The molecule has 1 amide bonds. The summed E-state index contributed by atoms with van der Waals surface area (Å²) < 4.78 is 0. The van der Waals surface area contributed by atoms with Crippen molar-refractivity contribution in [2.75, 3.05) is 6.54 Å². The number of rotatable bonds is 8. The lowest BCUT2D eigenvalue weighted by Crippen LogP contribution is -2.41. The maximum atomic E-state index is 11.7. The van der Waals surface area contributed by atoms with Gasteiger partial charge in [-0.3, -0.25) is 4.79 Å². The maximum Gasteiger partial charge on any atom is 0.236 e. The van der Waals surface area contributed by atoms with Crippen molar-refractivity contribution >= 4 is 5.91 Å². The number of terminal acetylenes is 1. The van der Waals surface area contributed by atoms with Crippen molar-refractivity contribution in [2.45, 2.75) is 38.1 Å². The Hall–Kier alpha value is -1.79. The van der Waals surface area contributed by atoms with Gasteiger partial charge >= 0.3 is 0 Å². The smallest absolute Gasteiger partial charge is 0.236 e. The van der Waals surface area contributed by atoms with Crippen molar-refractivity contribution in [3.8, 4) is 12.3 Å². The molecule has 0 aliphatic carbocycles. The molecule has 0 saturated heterocycles. The van der Waals surface area contributed by atoms with Crippen molar-refractivity contribution < 1.29 is 4.79 Å². The van der Waals surface area contributed by atoms with E-state index < -0.39 is 6.04 Å². The summed E-state index contributed by atoms with van der Waals surface area (Å²) in [6.07, 6.45) is 9.25. The third-order valence-corrected chi connectivity index (χ3v) is 2.97. The van der Waals surface area contributed by atoms with Gasteiger partial charge in [-0.05, 0) is 31.2 Å². The number of carbonyl (C=O) groups excluding carboxylic acids is 1. The fourth-order valence-electron chi connectivity index (χ4n) is 1.79. The van der Waals surface area contributed by atoms with Gasteiger partial charge in [0.15, 0.2) is 0 Å². The number of unbranched alkanes of at least 4 members (excludes halogenated alkanes) is 2. The standard InChI is InChI=1S/C16H22N2O/c1-2-3-4-8-13-18-16(19)15(17)12-11-14-9-6-5-7-10-14/h1,5-7,9-10,15H,3-4,8,11-13,17H2,(H,18,19). The third kappa shape index (κ3) is 6.64. The van der Waals surface area contributed by atoms with Crippen LogP contribution in [-0.2, 0) is 11.2 Å². The van der Waals surface area contributed by atoms with E-state index in [-0.39, 0.29) is 5.91 Å². The predicted molar refractivity (Wildman–Crippen MR) is 78.4 cm³/mol. The average molecular weight is 258 g/mol. The molecule has 0 fully saturated rings. The number of amides is 1. The number of hydrogen-bond acceptors (Lipinski definition) is 2. The summed E-state index contributed by atoms with van der Waals surface area (Å²) in [5.41, 5.74) is 7.07. The normalized spacial score (nSPS) is 11.6. The molecule has 1 aromatic carbocycles. The van der Waals surface area contributed by atoms with Crippen molar-refractivity contribution in [2.24, 2.45) is 5.73 Å². The van der Waals surface area contributed by atoms with Crippen LogP contribution < -0.4 is 11.1 Å². The van der Waals surface area contributed by atoms with Crippen molar-refractivity contribution in [3.05, 3.63) is 35.9 Å². The highest BCUT2D eigenvalue weighted by molar-refractivity contribution is 5.81. The van der Waals surface area contributed by atoms with Crippen LogP contribution in [0.5, 0.6) is 0 Å². The molecular weight excluding hydrogens is 236 g/mol. The Kier molecular flexibility index (Phi) is 7.38. The highest BCUT2D eigenvalue weighted by atomic mass is 16.2. The Morgan fingerprint density at radius 3 is 2.74 bits per heavy atom. The lowest BCUT2D eigenvalue weighted by atomic mass is 10.1. The molecule has 3 nitrogen and oxygen atoms in total. The topological polar surface area (TPSA) is 55.1 Å². The summed E-state index contributed by atoms with van der Waals surface area (Å²) in [4.78, 5) is 11.7. The van der Waals surface area contributed by atoms with Gasteiger partial charge < -0.3 is 11.1 Å². The Morgan fingerprint density at radius 1 is 1.32 bits per heavy atom. The predicted octanol–water partition coefficient (Wildman–Crippen LogP) is 1.87. The summed E-state index contributed by atoms with van der Waals surface area (Å²) >= 11 is 0. The fraction of sp³-hybridized carbons (Fsp3) is 0.438. The first kappa shape index (κ1) is 15.3. The molecule has 3 heteroatoms. The molecule has 102 valence electrons. The van der Waals surface area contributed by atoms with E-state index in [1.54, 1.807) is 0 Å². The molecule has 1 rings (SSSR count). The maximum absolute atomic E-state index is 11.7. The van der Waals surface area contributed by atoms with Gasteiger partial charge in [-0.15, -0.1) is 12.3 Å². The van der Waals surface area contributed by atoms with Crippen molar-refractivity contribution in [3.63, 3.8) is 0 Å². The van der Waals surface area contributed by atoms with E-state index in [4.69, 9.17) is 12.2 Å². The van der Waals surface area contributed by atoms with Crippen LogP contribution in [0.15, 0.2) is 30.3 Å². The second-order valence-corrected chi connectivity index (χ2v) is 4.58. The molecule has 1 unspecified atom stereocenters. The molecule has 0 aliphatic rings. The first-order chi connectivity index (χ1) is 9.24. The minimum absolute atomic E-state index is 0.0726. The van der Waals surface area contributed by atoms with Gasteiger partial charge in [-0.25, -0.2) is 0 Å². The molecule has 0 aliphatic heterocycles. The van der Waals surface area contributed by atoms with Gasteiger partial charge in [-0.2, -0.15) is 0 Å². The largest absolute Gasteiger partial charge is 0.355 e. The van der Waals surface area contributed by atoms with Gasteiger partial charge in [-0.1, -0.05) is 30.3 Å². The molecular formula is C16H22N2O. The summed E-state index contributed by atoms with van der Waals surface area (Å²) in [5, 5.41) is 2.85. The summed E-state index contributed by atoms with van der Waals surface area (Å²) in [6.45, 7) is 0.652. The summed E-state index contributed by atoms with van der Waals surface area (Å²) in [5.74, 6) is 2.51. The van der Waals surface area contributed by atoms with Crippen LogP contribution in [0.4, 0.5) is 0 Å². The van der Waals surface area contributed by atoms with Crippen molar-refractivity contribution in [1.82, 2.24) is 5.32 Å². The molecule has 19 heavy (non-hydrogen) atoms. The van der Waals surface area contributed by atoms with E-state index in [0.29, 0.717) is 13.0 Å². The molecule has 0 aromatic heterocycles. The number of benzene rings is 1. The second kappa shape index (κ2) is 9.18. The molecule has 0 bridgehead atoms. The van der Waals surface area contributed by atoms with E-state index in [1.165, 1.54) is 5.56 Å². The second-order valence-electron chi connectivity index (χ2n) is 4.58. The monoisotopic (exact) mass is 258 g/mol. The quantitative estimate of drug-likeness (QED) is 0.552. The van der Waals surface area contributed by atoms with Crippen LogP contribution in [0.2, 0.25) is 0 Å². The van der Waals surface area contributed by atoms with E-state index in [0.717, 1.165) is 25.7 Å². The van der Waals surface area contributed by atoms with E-state index in [1.807, 2.05) is 30.3 Å². The summed E-state index contributed by atoms with van der Waals surface area (Å²) in [7, 11) is 0. The third-order valence-electron chi connectivity index (χ3n) is 2.97. The number of hydrogen-bond donors (Lipinski definition) is 2. The van der Waals surface area contributed by atoms with Crippen LogP contribution in [0.25, 0.3) is 0 Å². The van der Waals surface area contributed by atoms with Crippen LogP contribution >= 0.6 is 0 Å². The minimum Gasteiger partial charge on any atom is -0.355 e. The Morgan fingerprint density at radius 2 is 2.05 bits per heavy atom. The first-order valence-electron chi connectivity index (χ1n) is 6.74. The molecule has 1 aromatic rings.